The van der Waals surface area contributed by atoms with Gasteiger partial charge >= 0.3 is 5.69 Å². The predicted octanol–water partition coefficient (Wildman–Crippen LogP) is 11.0. The molecule has 3 aromatic heterocycles. The molecule has 0 bridgehead atoms. The maximum atomic E-state index is 14.4. The average molecular weight is 721 g/mol. The molecule has 11 rings (SSSR count). The minimum atomic E-state index is -0.417. The van der Waals surface area contributed by atoms with E-state index in [1.165, 1.54) is 26.4 Å². The van der Waals surface area contributed by atoms with Crippen molar-refractivity contribution >= 4 is 54.5 Å². The van der Waals surface area contributed by atoms with Crippen LogP contribution in [-0.4, -0.2) is 18.3 Å². The Morgan fingerprint density at radius 3 is 1.20 bits per heavy atom. The van der Waals surface area contributed by atoms with Crippen molar-refractivity contribution in [1.82, 2.24) is 18.3 Å². The van der Waals surface area contributed by atoms with E-state index in [0.717, 1.165) is 44.3 Å². The van der Waals surface area contributed by atoms with Crippen molar-refractivity contribution in [2.24, 2.45) is 0 Å². The van der Waals surface area contributed by atoms with E-state index in [1.807, 2.05) is 72.8 Å². The lowest BCUT2D eigenvalue weighted by Gasteiger charge is -2.16. The smallest absolute Gasteiger partial charge is 0.309 e. The molecule has 0 amide bonds. The molecule has 0 aliphatic heterocycles. The van der Waals surface area contributed by atoms with Crippen LogP contribution in [0.3, 0.4) is 0 Å². The van der Waals surface area contributed by atoms with Crippen LogP contribution in [0.2, 0.25) is 0 Å². The fourth-order valence-corrected chi connectivity index (χ4v) is 8.51. The summed E-state index contributed by atoms with van der Waals surface area (Å²) in [6.07, 6.45) is 0. The highest BCUT2D eigenvalue weighted by atomic mass is 16.2. The molecule has 0 spiro atoms. The van der Waals surface area contributed by atoms with Crippen LogP contribution in [0.25, 0.3) is 88.4 Å². The Morgan fingerprint density at radius 1 is 0.268 bits per heavy atom. The Kier molecular flexibility index (Phi) is 7.06. The summed E-state index contributed by atoms with van der Waals surface area (Å²) in [7, 11) is 0. The van der Waals surface area contributed by atoms with Gasteiger partial charge in [-0.1, -0.05) is 103 Å². The van der Waals surface area contributed by atoms with Gasteiger partial charge in [0.05, 0.1) is 44.3 Å². The lowest BCUT2D eigenvalue weighted by molar-refractivity contribution is 0.834. The van der Waals surface area contributed by atoms with Crippen LogP contribution in [-0.2, 0) is 0 Å². The first kappa shape index (κ1) is 31.8. The molecule has 11 aromatic rings. The first-order valence-electron chi connectivity index (χ1n) is 18.7. The zero-order chi connectivity index (χ0) is 37.3. The summed E-state index contributed by atoms with van der Waals surface area (Å²) >= 11 is 0. The minimum Gasteiger partial charge on any atom is -0.309 e. The Labute approximate surface area is 320 Å². The second-order valence-corrected chi connectivity index (χ2v) is 14.1. The molecule has 3 heterocycles. The normalized spacial score (nSPS) is 11.7. The fraction of sp³-hybridized carbons (Fsp3) is 0. The second kappa shape index (κ2) is 12.4. The van der Waals surface area contributed by atoms with E-state index in [0.29, 0.717) is 22.3 Å². The molecule has 0 unspecified atom stereocenters. The van der Waals surface area contributed by atoms with Gasteiger partial charge in [-0.2, -0.15) is 0 Å². The molecule has 0 N–H and O–H groups in total. The molecular formula is C50H32N4O2. The van der Waals surface area contributed by atoms with Crippen LogP contribution in [0, 0.1) is 0 Å². The van der Waals surface area contributed by atoms with E-state index in [4.69, 9.17) is 0 Å². The Hall–Kier alpha value is -7.70. The lowest BCUT2D eigenvalue weighted by atomic mass is 10.0. The van der Waals surface area contributed by atoms with Crippen LogP contribution in [0.5, 0.6) is 0 Å². The summed E-state index contributed by atoms with van der Waals surface area (Å²) in [5.74, 6) is 0. The highest BCUT2D eigenvalue weighted by Crippen LogP contribution is 2.38. The van der Waals surface area contributed by atoms with Crippen molar-refractivity contribution in [2.75, 3.05) is 0 Å². The summed E-state index contributed by atoms with van der Waals surface area (Å²) in [6, 6.07) is 65.3. The lowest BCUT2D eigenvalue weighted by Crippen LogP contribution is -2.38. The standard InChI is InChI=1S/C50H32N4O2/c55-49-43-32-38(26-29-48(43)53(36-16-6-2-7-17-36)50(56)54(49)37-18-8-3-9-19-37)52-45-23-13-11-21-40(45)42-31-34(25-28-47(42)52)33-24-27-46-41(30-33)39-20-10-12-22-44(39)51(46)35-14-4-1-5-15-35/h1-32H. The number of rotatable bonds is 5. The van der Waals surface area contributed by atoms with E-state index >= 15 is 0 Å². The Bertz CT molecular complexity index is 3450. The van der Waals surface area contributed by atoms with Crippen molar-refractivity contribution < 1.29 is 0 Å². The summed E-state index contributed by atoms with van der Waals surface area (Å²) in [5.41, 5.74) is 9.60. The first-order valence-corrected chi connectivity index (χ1v) is 18.7. The molecule has 6 nitrogen and oxygen atoms in total. The van der Waals surface area contributed by atoms with E-state index in [9.17, 15) is 9.59 Å². The maximum absolute atomic E-state index is 14.4. The van der Waals surface area contributed by atoms with Crippen molar-refractivity contribution in [3.8, 4) is 33.9 Å². The van der Waals surface area contributed by atoms with Crippen molar-refractivity contribution in [2.45, 2.75) is 0 Å². The Balaban J connectivity index is 1.11. The van der Waals surface area contributed by atoms with Crippen LogP contribution in [0.4, 0.5) is 0 Å². The number of nitrogens with zero attached hydrogens (tertiary/aromatic N) is 4. The quantitative estimate of drug-likeness (QED) is 0.178. The third-order valence-electron chi connectivity index (χ3n) is 11.0. The van der Waals surface area contributed by atoms with Gasteiger partial charge in [-0.15, -0.1) is 0 Å². The summed E-state index contributed by atoms with van der Waals surface area (Å²) in [4.78, 5) is 28.5. The zero-order valence-electron chi connectivity index (χ0n) is 30.1. The molecular weight excluding hydrogens is 689 g/mol. The molecule has 0 saturated carbocycles. The number of hydrogen-bond donors (Lipinski definition) is 0. The van der Waals surface area contributed by atoms with Gasteiger partial charge in [-0.05, 0) is 102 Å². The molecule has 8 aromatic carbocycles. The average Bonchev–Trinajstić information content (AvgIpc) is 3.77. The number of para-hydroxylation sites is 5. The minimum absolute atomic E-state index is 0.364. The van der Waals surface area contributed by atoms with E-state index in [-0.39, 0.29) is 5.56 Å². The van der Waals surface area contributed by atoms with Crippen LogP contribution >= 0.6 is 0 Å². The zero-order valence-corrected chi connectivity index (χ0v) is 30.1. The highest BCUT2D eigenvalue weighted by Gasteiger charge is 2.20. The number of benzene rings is 8. The predicted molar refractivity (Wildman–Crippen MR) is 229 cm³/mol. The first-order chi connectivity index (χ1) is 27.6. The summed E-state index contributed by atoms with van der Waals surface area (Å²) in [6.45, 7) is 0. The van der Waals surface area contributed by atoms with Crippen molar-refractivity contribution in [1.29, 1.82) is 0 Å². The molecule has 0 fully saturated rings. The van der Waals surface area contributed by atoms with E-state index < -0.39 is 5.69 Å². The van der Waals surface area contributed by atoms with Crippen LogP contribution < -0.4 is 11.2 Å². The molecule has 0 saturated heterocycles. The SMILES string of the molecule is O=c1c2cc(-n3c4ccccc4c4cc(-c5ccc6c(c5)c5ccccc5n6-c5ccccc5)ccc43)ccc2n(-c2ccccc2)c(=O)n1-c1ccccc1. The van der Waals surface area contributed by atoms with E-state index in [1.54, 1.807) is 16.7 Å². The van der Waals surface area contributed by atoms with Gasteiger partial charge in [0.2, 0.25) is 0 Å². The Morgan fingerprint density at radius 2 is 0.661 bits per heavy atom. The van der Waals surface area contributed by atoms with Gasteiger partial charge in [0.15, 0.2) is 0 Å². The molecule has 0 atom stereocenters. The maximum Gasteiger partial charge on any atom is 0.340 e. The second-order valence-electron chi connectivity index (χ2n) is 14.1. The molecule has 0 aliphatic carbocycles. The van der Waals surface area contributed by atoms with Crippen LogP contribution in [0.15, 0.2) is 204 Å². The molecule has 0 aliphatic rings. The highest BCUT2D eigenvalue weighted by molar-refractivity contribution is 6.12. The fourth-order valence-electron chi connectivity index (χ4n) is 8.51. The van der Waals surface area contributed by atoms with Gasteiger partial charge in [-0.3, -0.25) is 9.36 Å². The molecule has 0 radical (unpaired) electrons. The van der Waals surface area contributed by atoms with Gasteiger partial charge < -0.3 is 9.13 Å². The van der Waals surface area contributed by atoms with Crippen molar-refractivity contribution in [3.05, 3.63) is 215 Å². The van der Waals surface area contributed by atoms with E-state index in [2.05, 4.69) is 118 Å². The van der Waals surface area contributed by atoms with Crippen molar-refractivity contribution in [3.63, 3.8) is 0 Å². The number of fused-ring (bicyclic) bond motifs is 7. The topological polar surface area (TPSA) is 53.9 Å². The molecule has 56 heavy (non-hydrogen) atoms. The molecule has 264 valence electrons. The van der Waals surface area contributed by atoms with Gasteiger partial charge in [0.1, 0.15) is 0 Å². The third kappa shape index (κ3) is 4.76. The molecule has 6 heteroatoms. The monoisotopic (exact) mass is 720 g/mol. The van der Waals surface area contributed by atoms with Gasteiger partial charge in [-0.25, -0.2) is 9.36 Å². The number of aromatic nitrogens is 4. The largest absolute Gasteiger partial charge is 0.340 e. The van der Waals surface area contributed by atoms with Gasteiger partial charge in [0.25, 0.3) is 5.56 Å². The summed E-state index contributed by atoms with van der Waals surface area (Å²) < 4.78 is 7.45. The third-order valence-corrected chi connectivity index (χ3v) is 11.0. The number of hydrogen-bond acceptors (Lipinski definition) is 2. The van der Waals surface area contributed by atoms with Crippen LogP contribution in [0.1, 0.15) is 0 Å². The van der Waals surface area contributed by atoms with Gasteiger partial charge in [0, 0.05) is 32.9 Å². The summed E-state index contributed by atoms with van der Waals surface area (Å²) in [5, 5.41) is 5.09.